The summed E-state index contributed by atoms with van der Waals surface area (Å²) >= 11 is 15.0. The Balaban J connectivity index is 2.28. The zero-order valence-corrected chi connectivity index (χ0v) is 13.5. The van der Waals surface area contributed by atoms with Gasteiger partial charge in [-0.05, 0) is 40.2 Å². The Bertz CT molecular complexity index is 690. The van der Waals surface area contributed by atoms with Gasteiger partial charge in [0.1, 0.15) is 5.82 Å². The first-order valence-corrected chi connectivity index (χ1v) is 7.24. The Kier molecular flexibility index (Phi) is 5.03. The summed E-state index contributed by atoms with van der Waals surface area (Å²) in [7, 11) is 0. The molecule has 0 saturated carbocycles. The van der Waals surface area contributed by atoms with Crippen molar-refractivity contribution in [3.05, 3.63) is 66.3 Å². The van der Waals surface area contributed by atoms with E-state index in [1.807, 2.05) is 0 Å². The zero-order valence-electron chi connectivity index (χ0n) is 10.4. The van der Waals surface area contributed by atoms with E-state index in [-0.39, 0.29) is 17.3 Å². The summed E-state index contributed by atoms with van der Waals surface area (Å²) in [5.74, 6) is -0.480. The standard InChI is InChI=1S/C13H8BrCl2FN2O2/c14-10-4-9(17)5-11(16)13(10)18-6-7-3-8(15)1-2-12(7)19(20)21/h1-5,18H,6H2. The van der Waals surface area contributed by atoms with Crippen LogP contribution in [-0.2, 0) is 6.54 Å². The largest absolute Gasteiger partial charge is 0.379 e. The molecular weight excluding hydrogens is 386 g/mol. The zero-order chi connectivity index (χ0) is 15.6. The third-order valence-corrected chi connectivity index (χ3v) is 3.86. The van der Waals surface area contributed by atoms with E-state index >= 15 is 0 Å². The summed E-state index contributed by atoms with van der Waals surface area (Å²) in [6.07, 6.45) is 0. The fraction of sp³-hybridized carbons (Fsp3) is 0.0769. The second-order valence-electron chi connectivity index (χ2n) is 4.13. The molecule has 21 heavy (non-hydrogen) atoms. The van der Waals surface area contributed by atoms with Crippen molar-refractivity contribution in [1.29, 1.82) is 0 Å². The molecule has 2 aromatic carbocycles. The van der Waals surface area contributed by atoms with Gasteiger partial charge in [0, 0.05) is 22.1 Å². The summed E-state index contributed by atoms with van der Waals surface area (Å²) in [6, 6.07) is 6.68. The minimum Gasteiger partial charge on any atom is -0.379 e. The molecule has 0 aromatic heterocycles. The van der Waals surface area contributed by atoms with E-state index in [0.717, 1.165) is 6.07 Å². The van der Waals surface area contributed by atoms with Gasteiger partial charge in [0.15, 0.2) is 0 Å². The number of anilines is 1. The molecule has 0 aliphatic rings. The van der Waals surface area contributed by atoms with Crippen LogP contribution in [0.5, 0.6) is 0 Å². The molecule has 0 spiro atoms. The van der Waals surface area contributed by atoms with Crippen molar-refractivity contribution in [3.8, 4) is 0 Å². The smallest absolute Gasteiger partial charge is 0.274 e. The van der Waals surface area contributed by atoms with Crippen LogP contribution in [0.4, 0.5) is 15.8 Å². The average Bonchev–Trinajstić information content (AvgIpc) is 2.37. The van der Waals surface area contributed by atoms with Gasteiger partial charge < -0.3 is 5.32 Å². The SMILES string of the molecule is O=[N+]([O-])c1ccc(Cl)cc1CNc1c(Cl)cc(F)cc1Br. The molecule has 0 saturated heterocycles. The van der Waals surface area contributed by atoms with Gasteiger partial charge in [-0.15, -0.1) is 0 Å². The van der Waals surface area contributed by atoms with Crippen LogP contribution >= 0.6 is 39.1 Å². The number of nitro groups is 1. The highest BCUT2D eigenvalue weighted by molar-refractivity contribution is 9.10. The van der Waals surface area contributed by atoms with Crippen molar-refractivity contribution in [2.45, 2.75) is 6.54 Å². The van der Waals surface area contributed by atoms with Gasteiger partial charge in [0.2, 0.25) is 0 Å². The Morgan fingerprint density at radius 1 is 1.29 bits per heavy atom. The van der Waals surface area contributed by atoms with Gasteiger partial charge in [0.05, 0.1) is 21.2 Å². The predicted octanol–water partition coefficient (Wildman–Crippen LogP) is 5.42. The number of halogens is 4. The summed E-state index contributed by atoms with van der Waals surface area (Å²) < 4.78 is 13.6. The lowest BCUT2D eigenvalue weighted by Crippen LogP contribution is -2.04. The van der Waals surface area contributed by atoms with E-state index in [4.69, 9.17) is 23.2 Å². The van der Waals surface area contributed by atoms with Crippen LogP contribution < -0.4 is 5.32 Å². The molecule has 0 bridgehead atoms. The lowest BCUT2D eigenvalue weighted by molar-refractivity contribution is -0.385. The monoisotopic (exact) mass is 392 g/mol. The topological polar surface area (TPSA) is 55.2 Å². The number of nitrogens with zero attached hydrogens (tertiary/aromatic N) is 1. The molecule has 0 atom stereocenters. The van der Waals surface area contributed by atoms with E-state index < -0.39 is 10.7 Å². The van der Waals surface area contributed by atoms with E-state index in [1.54, 1.807) is 0 Å². The maximum absolute atomic E-state index is 13.1. The van der Waals surface area contributed by atoms with Crippen LogP contribution in [-0.4, -0.2) is 4.92 Å². The Morgan fingerprint density at radius 3 is 2.62 bits per heavy atom. The second-order valence-corrected chi connectivity index (χ2v) is 5.83. The van der Waals surface area contributed by atoms with Crippen molar-refractivity contribution in [2.75, 3.05) is 5.32 Å². The highest BCUT2D eigenvalue weighted by Crippen LogP contribution is 2.33. The van der Waals surface area contributed by atoms with E-state index in [0.29, 0.717) is 20.7 Å². The fourth-order valence-electron chi connectivity index (χ4n) is 1.77. The van der Waals surface area contributed by atoms with Crippen molar-refractivity contribution in [1.82, 2.24) is 0 Å². The molecule has 1 N–H and O–H groups in total. The van der Waals surface area contributed by atoms with Crippen LogP contribution in [0.2, 0.25) is 10.0 Å². The molecular formula is C13H8BrCl2FN2O2. The molecule has 0 radical (unpaired) electrons. The van der Waals surface area contributed by atoms with Crippen LogP contribution in [0.25, 0.3) is 0 Å². The van der Waals surface area contributed by atoms with Crippen molar-refractivity contribution < 1.29 is 9.31 Å². The van der Waals surface area contributed by atoms with E-state index in [2.05, 4.69) is 21.2 Å². The Hall–Kier alpha value is -1.37. The van der Waals surface area contributed by atoms with Gasteiger partial charge in [0.25, 0.3) is 5.69 Å². The molecule has 4 nitrogen and oxygen atoms in total. The summed E-state index contributed by atoms with van der Waals surface area (Å²) in [5.41, 5.74) is 0.799. The molecule has 0 unspecified atom stereocenters. The maximum atomic E-state index is 13.1. The highest BCUT2D eigenvalue weighted by atomic mass is 79.9. The lowest BCUT2D eigenvalue weighted by atomic mass is 10.1. The Morgan fingerprint density at radius 2 is 2.00 bits per heavy atom. The van der Waals surface area contributed by atoms with Gasteiger partial charge >= 0.3 is 0 Å². The predicted molar refractivity (Wildman–Crippen MR) is 84.5 cm³/mol. The van der Waals surface area contributed by atoms with E-state index in [9.17, 15) is 14.5 Å². The molecule has 110 valence electrons. The molecule has 2 aromatic rings. The highest BCUT2D eigenvalue weighted by Gasteiger charge is 2.15. The molecule has 0 heterocycles. The number of benzene rings is 2. The number of rotatable bonds is 4. The molecule has 0 aliphatic carbocycles. The third kappa shape index (κ3) is 3.84. The van der Waals surface area contributed by atoms with Gasteiger partial charge in [-0.3, -0.25) is 10.1 Å². The number of nitrogens with one attached hydrogen (secondary N) is 1. The molecule has 8 heteroatoms. The fourth-order valence-corrected chi connectivity index (χ4v) is 2.92. The van der Waals surface area contributed by atoms with Gasteiger partial charge in [-0.25, -0.2) is 4.39 Å². The molecule has 0 fully saturated rings. The minimum absolute atomic E-state index is 0.0544. The van der Waals surface area contributed by atoms with Gasteiger partial charge in [-0.2, -0.15) is 0 Å². The molecule has 2 rings (SSSR count). The van der Waals surface area contributed by atoms with Crippen LogP contribution in [0.15, 0.2) is 34.8 Å². The average molecular weight is 394 g/mol. The molecule has 0 amide bonds. The lowest BCUT2D eigenvalue weighted by Gasteiger charge is -2.11. The van der Waals surface area contributed by atoms with Crippen LogP contribution in [0, 0.1) is 15.9 Å². The minimum atomic E-state index is -0.491. The molecule has 0 aliphatic heterocycles. The first-order chi connectivity index (χ1) is 9.88. The van der Waals surface area contributed by atoms with Crippen molar-refractivity contribution in [3.63, 3.8) is 0 Å². The van der Waals surface area contributed by atoms with Crippen LogP contribution in [0.1, 0.15) is 5.56 Å². The van der Waals surface area contributed by atoms with Crippen molar-refractivity contribution >= 4 is 50.5 Å². The number of nitro benzene ring substituents is 1. The number of hydrogen-bond acceptors (Lipinski definition) is 3. The van der Waals surface area contributed by atoms with E-state index in [1.165, 1.54) is 24.3 Å². The Labute approximate surface area is 138 Å². The second kappa shape index (κ2) is 6.60. The van der Waals surface area contributed by atoms with Crippen molar-refractivity contribution in [2.24, 2.45) is 0 Å². The van der Waals surface area contributed by atoms with Crippen LogP contribution in [0.3, 0.4) is 0 Å². The first-order valence-electron chi connectivity index (χ1n) is 5.69. The summed E-state index contributed by atoms with van der Waals surface area (Å²) in [6.45, 7) is 0.126. The third-order valence-electron chi connectivity index (χ3n) is 2.70. The van der Waals surface area contributed by atoms with Gasteiger partial charge in [-0.1, -0.05) is 23.2 Å². The first kappa shape index (κ1) is 16.0. The quantitative estimate of drug-likeness (QED) is 0.557. The normalized spacial score (nSPS) is 10.5. The number of hydrogen-bond donors (Lipinski definition) is 1. The maximum Gasteiger partial charge on any atom is 0.274 e. The summed E-state index contributed by atoms with van der Waals surface area (Å²) in [5, 5.41) is 14.5. The summed E-state index contributed by atoms with van der Waals surface area (Å²) in [4.78, 5) is 10.5.